The lowest BCUT2D eigenvalue weighted by atomic mass is 9.71. The number of hydrogen-bond acceptors (Lipinski definition) is 3. The van der Waals surface area contributed by atoms with Crippen molar-refractivity contribution in [2.75, 3.05) is 20.5 Å². The smallest absolute Gasteiger partial charge is 0.211 e. The molecule has 2 rings (SSSR count). The summed E-state index contributed by atoms with van der Waals surface area (Å²) in [6.45, 7) is -5.78. The molecular weight excluding hydrogens is 226 g/mol. The highest BCUT2D eigenvalue weighted by Gasteiger charge is 2.40. The van der Waals surface area contributed by atoms with Crippen LogP contribution in [-0.2, 0) is 5.60 Å². The summed E-state index contributed by atoms with van der Waals surface area (Å²) in [6.07, 6.45) is -2.62. The molecule has 2 atom stereocenters. The Kier molecular flexibility index (Phi) is 1.74. The van der Waals surface area contributed by atoms with Crippen LogP contribution < -0.4 is 0 Å². The van der Waals surface area contributed by atoms with Gasteiger partial charge in [0.25, 0.3) is 0 Å². The number of nitrogens with zero attached hydrogens (tertiary/aromatic N) is 1. The van der Waals surface area contributed by atoms with Crippen LogP contribution in [0.5, 0.6) is 5.75 Å². The minimum Gasteiger partial charge on any atom is -0.508 e. The van der Waals surface area contributed by atoms with Gasteiger partial charge in [-0.25, -0.2) is 0 Å². The second kappa shape index (κ2) is 5.29. The predicted molar refractivity (Wildman–Crippen MR) is 72.5 cm³/mol. The first-order valence-corrected chi connectivity index (χ1v) is 5.85. The van der Waals surface area contributed by atoms with Crippen LogP contribution >= 0.6 is 0 Å². The predicted octanol–water partition coefficient (Wildman–Crippen LogP) is 2.33. The monoisotopic (exact) mass is 258 g/mol. The zero-order valence-corrected chi connectivity index (χ0v) is 10.2. The molecule has 2 N–H and O–H groups in total. The van der Waals surface area contributed by atoms with E-state index in [-0.39, 0.29) is 30.6 Å². The third-order valence-corrected chi connectivity index (χ3v) is 2.96. The Morgan fingerprint density at radius 2 is 2.61 bits per heavy atom. The lowest BCUT2D eigenvalue weighted by Crippen LogP contribution is -2.43. The van der Waals surface area contributed by atoms with Gasteiger partial charge < -0.3 is 15.1 Å². The van der Waals surface area contributed by atoms with Crippen molar-refractivity contribution >= 4 is 0 Å². The maximum atomic E-state index is 9.84. The maximum Gasteiger partial charge on any atom is 0.211 e. The second-order valence-electron chi connectivity index (χ2n) is 4.41. The molecule has 0 heterocycles. The minimum absolute atomic E-state index is 0.0972. The average molecular weight is 258 g/mol. The summed E-state index contributed by atoms with van der Waals surface area (Å²) in [4.78, 5) is 0.394. The fourth-order valence-electron chi connectivity index (χ4n) is 2.15. The van der Waals surface area contributed by atoms with Crippen molar-refractivity contribution in [3.8, 4) is 5.75 Å². The van der Waals surface area contributed by atoms with Crippen molar-refractivity contribution < 1.29 is 21.2 Å². The Morgan fingerprint density at radius 1 is 1.72 bits per heavy atom. The average Bonchev–Trinajstić information content (AvgIpc) is 2.53. The summed E-state index contributed by atoms with van der Waals surface area (Å²) < 4.78 is 73.1. The molecule has 0 saturated heterocycles. The molecule has 0 aromatic heterocycles. The van der Waals surface area contributed by atoms with Gasteiger partial charge in [-0.1, -0.05) is 25.0 Å². The van der Waals surface area contributed by atoms with Gasteiger partial charge in [0.05, 0.1) is 5.60 Å². The summed E-state index contributed by atoms with van der Waals surface area (Å²) in [7, 11) is 0.991. The molecule has 1 saturated carbocycles. The summed E-state index contributed by atoms with van der Waals surface area (Å²) >= 11 is 0. The third kappa shape index (κ3) is 2.68. The molecule has 0 aliphatic heterocycles. The SMILES string of the molecule is [2H]O[C@@]1(c2cccc(O)c2)C([2H])([2H])CCC[C@@]1([2H])C([2H])([2H])N(C)C([2H])([2H])[2H]. The molecule has 18 heavy (non-hydrogen) atoms. The van der Waals surface area contributed by atoms with E-state index >= 15 is 0 Å². The molecule has 0 spiro atoms. The minimum atomic E-state index is -2.89. The van der Waals surface area contributed by atoms with E-state index in [0.717, 1.165) is 13.1 Å². The van der Waals surface area contributed by atoms with E-state index < -0.39 is 31.3 Å². The van der Waals surface area contributed by atoms with Gasteiger partial charge in [0.1, 0.15) is 5.75 Å². The standard InChI is InChI=1S/C15H23NO2/c1-16(2)11-13-6-3-4-9-15(13,18)12-7-5-8-14(17)10-12/h5,7-8,10,13,17-18H,3-4,6,9,11H2,1-2H3/t13-,15+/m0/s1/i1D3,9D2,11D2,13D,18D. The van der Waals surface area contributed by atoms with E-state index in [1.807, 2.05) is 0 Å². The number of benzene rings is 1. The van der Waals surface area contributed by atoms with E-state index in [0.29, 0.717) is 4.90 Å². The number of phenolic OH excluding ortho intramolecular Hbond substituents is 1. The van der Waals surface area contributed by atoms with Gasteiger partial charge in [0, 0.05) is 23.4 Å². The summed E-state index contributed by atoms with van der Waals surface area (Å²) in [5, 5.41) is 14.7. The van der Waals surface area contributed by atoms with E-state index in [1.54, 1.807) is 0 Å². The lowest BCUT2D eigenvalue weighted by Gasteiger charge is -2.41. The molecular formula is C15H23NO2. The van der Waals surface area contributed by atoms with E-state index in [1.165, 1.54) is 18.2 Å². The summed E-state index contributed by atoms with van der Waals surface area (Å²) in [5.41, 5.74) is -2.57. The Labute approximate surface area is 122 Å². The van der Waals surface area contributed by atoms with Crippen LogP contribution in [0.25, 0.3) is 0 Å². The van der Waals surface area contributed by atoms with Crippen LogP contribution in [0.3, 0.4) is 0 Å². The second-order valence-corrected chi connectivity index (χ2v) is 4.41. The van der Waals surface area contributed by atoms with E-state index in [4.69, 9.17) is 17.5 Å². The number of aliphatic hydroxyl groups is 1. The van der Waals surface area contributed by atoms with Gasteiger partial charge in [-0.2, -0.15) is 0 Å². The van der Waals surface area contributed by atoms with Crippen LogP contribution in [0.1, 0.15) is 42.2 Å². The molecule has 1 fully saturated rings. The Hall–Kier alpha value is -1.06. The normalized spacial score (nSPS) is 44.2. The lowest BCUT2D eigenvalue weighted by molar-refractivity contribution is -0.0619. The van der Waals surface area contributed by atoms with Gasteiger partial charge in [-0.15, -0.1) is 0 Å². The van der Waals surface area contributed by atoms with Gasteiger partial charge in [0.2, 0.25) is 1.43 Å². The fraction of sp³-hybridized carbons (Fsp3) is 0.600. The number of aromatic hydroxyl groups is 1. The molecule has 1 aromatic carbocycles. The highest BCUT2D eigenvalue weighted by atomic mass is 16.3. The maximum absolute atomic E-state index is 9.84. The van der Waals surface area contributed by atoms with Gasteiger partial charge >= 0.3 is 0 Å². The Bertz CT molecular complexity index is 696. The van der Waals surface area contributed by atoms with Gasteiger partial charge in [-0.05, 0) is 44.5 Å². The van der Waals surface area contributed by atoms with Crippen LogP contribution in [0.4, 0.5) is 0 Å². The molecule has 1 aromatic rings. The first-order chi connectivity index (χ1) is 12.2. The van der Waals surface area contributed by atoms with E-state index in [2.05, 4.69) is 0 Å². The summed E-state index contributed by atoms with van der Waals surface area (Å²) in [5.74, 6) is -2.77. The summed E-state index contributed by atoms with van der Waals surface area (Å²) in [6, 6.07) is 5.15. The fourth-order valence-corrected chi connectivity index (χ4v) is 2.15. The zero-order valence-electron chi connectivity index (χ0n) is 19.2. The first kappa shape index (κ1) is 5.93. The molecule has 0 amide bonds. The molecule has 0 bridgehead atoms. The van der Waals surface area contributed by atoms with Crippen molar-refractivity contribution in [3.63, 3.8) is 0 Å². The van der Waals surface area contributed by atoms with Crippen molar-refractivity contribution in [2.45, 2.75) is 31.2 Å². The first-order valence-electron chi connectivity index (χ1n) is 10.3. The molecule has 3 heteroatoms. The number of phenols is 1. The van der Waals surface area contributed by atoms with Gasteiger partial charge in [-0.3, -0.25) is 0 Å². The molecule has 0 unspecified atom stereocenters. The molecule has 100 valence electrons. The highest BCUT2D eigenvalue weighted by Crippen LogP contribution is 2.42. The highest BCUT2D eigenvalue weighted by molar-refractivity contribution is 5.32. The Morgan fingerprint density at radius 3 is 3.33 bits per heavy atom. The zero-order chi connectivity index (χ0) is 20.9. The van der Waals surface area contributed by atoms with E-state index in [9.17, 15) is 5.11 Å². The molecule has 1 aliphatic rings. The van der Waals surface area contributed by atoms with Crippen LogP contribution in [0, 0.1) is 5.89 Å². The van der Waals surface area contributed by atoms with Crippen molar-refractivity contribution in [3.05, 3.63) is 29.8 Å². The number of hydrogen-bond donors (Lipinski definition) is 2. The molecule has 0 radical (unpaired) electrons. The van der Waals surface area contributed by atoms with Crippen molar-refractivity contribution in [1.29, 1.82) is 1.43 Å². The van der Waals surface area contributed by atoms with Crippen LogP contribution in [0.15, 0.2) is 24.3 Å². The van der Waals surface area contributed by atoms with Gasteiger partial charge in [0.15, 0.2) is 0 Å². The van der Waals surface area contributed by atoms with Crippen LogP contribution in [-0.4, -0.2) is 37.1 Å². The largest absolute Gasteiger partial charge is 0.508 e. The van der Waals surface area contributed by atoms with Crippen molar-refractivity contribution in [2.24, 2.45) is 5.89 Å². The quantitative estimate of drug-likeness (QED) is 0.871. The molecule has 3 nitrogen and oxygen atoms in total. The van der Waals surface area contributed by atoms with Crippen molar-refractivity contribution in [1.82, 2.24) is 4.90 Å². The third-order valence-electron chi connectivity index (χ3n) is 2.96. The number of rotatable bonds is 4. The Balaban J connectivity index is 2.82. The molecule has 1 aliphatic carbocycles. The van der Waals surface area contributed by atoms with Crippen LogP contribution in [0.2, 0.25) is 0 Å². The topological polar surface area (TPSA) is 43.7 Å².